The maximum absolute atomic E-state index is 13.0. The number of rotatable bonds is 3. The molecule has 3 heterocycles. The summed E-state index contributed by atoms with van der Waals surface area (Å²) < 4.78 is 0. The van der Waals surface area contributed by atoms with Gasteiger partial charge < -0.3 is 4.90 Å². The van der Waals surface area contributed by atoms with Crippen LogP contribution in [0.4, 0.5) is 0 Å². The molecule has 0 unspecified atom stereocenters. The topological polar surface area (TPSA) is 26.8 Å². The van der Waals surface area contributed by atoms with Crippen molar-refractivity contribution in [2.24, 2.45) is 5.92 Å². The van der Waals surface area contributed by atoms with E-state index >= 15 is 0 Å². The second-order valence-electron chi connectivity index (χ2n) is 9.37. The molecule has 29 heavy (non-hydrogen) atoms. The van der Waals surface area contributed by atoms with E-state index in [1.54, 1.807) is 11.1 Å². The van der Waals surface area contributed by atoms with Crippen molar-refractivity contribution in [2.75, 3.05) is 50.8 Å². The van der Waals surface area contributed by atoms with E-state index in [1.807, 2.05) is 11.8 Å². The first-order chi connectivity index (χ1) is 14.3. The van der Waals surface area contributed by atoms with Crippen molar-refractivity contribution < 1.29 is 4.79 Å². The van der Waals surface area contributed by atoms with E-state index in [0.717, 1.165) is 37.6 Å². The van der Waals surface area contributed by atoms with Crippen LogP contribution in [0.3, 0.4) is 0 Å². The van der Waals surface area contributed by atoms with Crippen LogP contribution in [0, 0.1) is 5.92 Å². The SMILES string of the molecule is O=C([C@H]1CCCN(C2CCN(C3Cc4ccccc4C3)CC2)C1)N1CCSCC1. The molecule has 4 aliphatic rings. The van der Waals surface area contributed by atoms with Crippen LogP contribution in [0.15, 0.2) is 24.3 Å². The molecule has 1 atom stereocenters. The first kappa shape index (κ1) is 19.9. The van der Waals surface area contributed by atoms with Crippen molar-refractivity contribution in [3.63, 3.8) is 0 Å². The summed E-state index contributed by atoms with van der Waals surface area (Å²) in [5, 5.41) is 0. The highest BCUT2D eigenvalue weighted by Crippen LogP contribution is 2.30. The van der Waals surface area contributed by atoms with Crippen LogP contribution in [0.2, 0.25) is 0 Å². The van der Waals surface area contributed by atoms with Crippen molar-refractivity contribution >= 4 is 17.7 Å². The Bertz CT molecular complexity index is 687. The first-order valence-electron chi connectivity index (χ1n) is 11.7. The van der Waals surface area contributed by atoms with Crippen LogP contribution in [0.5, 0.6) is 0 Å². The molecule has 0 N–H and O–H groups in total. The third-order valence-electron chi connectivity index (χ3n) is 7.69. The lowest BCUT2D eigenvalue weighted by Crippen LogP contribution is -2.53. The van der Waals surface area contributed by atoms with Gasteiger partial charge in [-0.2, -0.15) is 11.8 Å². The molecule has 1 aromatic carbocycles. The molecule has 158 valence electrons. The summed E-state index contributed by atoms with van der Waals surface area (Å²) in [4.78, 5) is 20.6. The first-order valence-corrected chi connectivity index (χ1v) is 12.8. The fraction of sp³-hybridized carbons (Fsp3) is 0.708. The number of piperidine rings is 2. The van der Waals surface area contributed by atoms with Crippen molar-refractivity contribution in [1.29, 1.82) is 0 Å². The molecule has 3 saturated heterocycles. The molecule has 0 saturated carbocycles. The minimum Gasteiger partial charge on any atom is -0.341 e. The number of amides is 1. The molecule has 3 fully saturated rings. The fourth-order valence-corrected chi connectivity index (χ4v) is 6.89. The van der Waals surface area contributed by atoms with Gasteiger partial charge >= 0.3 is 0 Å². The van der Waals surface area contributed by atoms with E-state index in [1.165, 1.54) is 51.7 Å². The van der Waals surface area contributed by atoms with Crippen LogP contribution in [-0.4, -0.2) is 83.5 Å². The molecule has 0 spiro atoms. The monoisotopic (exact) mass is 413 g/mol. The van der Waals surface area contributed by atoms with Gasteiger partial charge in [0, 0.05) is 43.2 Å². The van der Waals surface area contributed by atoms with Crippen molar-refractivity contribution in [3.05, 3.63) is 35.4 Å². The minimum atomic E-state index is 0.245. The van der Waals surface area contributed by atoms with E-state index in [0.29, 0.717) is 18.0 Å². The van der Waals surface area contributed by atoms with E-state index < -0.39 is 0 Å². The molecule has 0 radical (unpaired) electrons. The summed E-state index contributed by atoms with van der Waals surface area (Å²) >= 11 is 1.98. The van der Waals surface area contributed by atoms with Crippen molar-refractivity contribution in [3.8, 4) is 0 Å². The van der Waals surface area contributed by atoms with Crippen molar-refractivity contribution in [1.82, 2.24) is 14.7 Å². The summed E-state index contributed by atoms with van der Waals surface area (Å²) in [5.41, 5.74) is 3.13. The van der Waals surface area contributed by atoms with Crippen LogP contribution >= 0.6 is 11.8 Å². The number of nitrogens with zero attached hydrogens (tertiary/aromatic N) is 3. The zero-order chi connectivity index (χ0) is 19.6. The van der Waals surface area contributed by atoms with Gasteiger partial charge in [-0.1, -0.05) is 24.3 Å². The fourth-order valence-electron chi connectivity index (χ4n) is 5.99. The Kier molecular flexibility index (Phi) is 6.17. The smallest absolute Gasteiger partial charge is 0.227 e. The second kappa shape index (κ2) is 8.99. The molecule has 0 bridgehead atoms. The predicted molar refractivity (Wildman–Crippen MR) is 120 cm³/mol. The molecule has 4 nitrogen and oxygen atoms in total. The van der Waals surface area contributed by atoms with Gasteiger partial charge in [0.1, 0.15) is 0 Å². The zero-order valence-electron chi connectivity index (χ0n) is 17.6. The van der Waals surface area contributed by atoms with E-state index in [4.69, 9.17) is 0 Å². The van der Waals surface area contributed by atoms with Crippen molar-refractivity contribution in [2.45, 2.75) is 50.6 Å². The van der Waals surface area contributed by atoms with E-state index in [-0.39, 0.29) is 5.92 Å². The van der Waals surface area contributed by atoms with Crippen LogP contribution in [0.25, 0.3) is 0 Å². The molecule has 1 amide bonds. The van der Waals surface area contributed by atoms with Gasteiger partial charge in [-0.05, 0) is 69.3 Å². The van der Waals surface area contributed by atoms with Gasteiger partial charge in [-0.25, -0.2) is 0 Å². The van der Waals surface area contributed by atoms with Gasteiger partial charge in [0.2, 0.25) is 5.91 Å². The summed E-state index contributed by atoms with van der Waals surface area (Å²) in [7, 11) is 0. The lowest BCUT2D eigenvalue weighted by molar-refractivity contribution is -0.137. The number of thioether (sulfide) groups is 1. The Morgan fingerprint density at radius 2 is 1.52 bits per heavy atom. The third-order valence-corrected chi connectivity index (χ3v) is 8.63. The number of carbonyl (C=O) groups is 1. The molecular formula is C24H35N3OS. The summed E-state index contributed by atoms with van der Waals surface area (Å²) in [6.45, 7) is 6.56. The Balaban J connectivity index is 1.12. The molecule has 1 aliphatic carbocycles. The second-order valence-corrected chi connectivity index (χ2v) is 10.6. The number of hydrogen-bond acceptors (Lipinski definition) is 4. The average molecular weight is 414 g/mol. The molecular weight excluding hydrogens is 378 g/mol. The number of likely N-dealkylation sites (tertiary alicyclic amines) is 2. The largest absolute Gasteiger partial charge is 0.341 e. The van der Waals surface area contributed by atoms with Gasteiger partial charge in [0.15, 0.2) is 0 Å². The molecule has 0 aromatic heterocycles. The summed E-state index contributed by atoms with van der Waals surface area (Å²) in [6.07, 6.45) is 7.29. The van der Waals surface area contributed by atoms with Gasteiger partial charge in [-0.15, -0.1) is 0 Å². The quantitative estimate of drug-likeness (QED) is 0.761. The van der Waals surface area contributed by atoms with Crippen LogP contribution in [0.1, 0.15) is 36.8 Å². The molecule has 3 aliphatic heterocycles. The van der Waals surface area contributed by atoms with Gasteiger partial charge in [0.05, 0.1) is 5.92 Å². The average Bonchev–Trinajstić information content (AvgIpc) is 3.24. The Labute approximate surface area is 180 Å². The highest BCUT2D eigenvalue weighted by molar-refractivity contribution is 7.99. The van der Waals surface area contributed by atoms with Gasteiger partial charge in [-0.3, -0.25) is 14.6 Å². The molecule has 5 rings (SSSR count). The molecule has 1 aromatic rings. The summed E-state index contributed by atoms with van der Waals surface area (Å²) in [6, 6.07) is 10.4. The standard InChI is InChI=1S/C24H35N3OS/c28-24(26-12-14-29-15-13-26)21-6-3-9-27(18-21)22-7-10-25(11-8-22)23-16-19-4-1-2-5-20(19)17-23/h1-2,4-5,21-23H,3,6-18H2/t21-/m0/s1. The normalized spacial score (nSPS) is 27.9. The zero-order valence-corrected chi connectivity index (χ0v) is 18.4. The van der Waals surface area contributed by atoms with E-state index in [2.05, 4.69) is 39.0 Å². The Hall–Kier alpha value is -1.04. The lowest BCUT2D eigenvalue weighted by atomic mass is 9.92. The maximum Gasteiger partial charge on any atom is 0.227 e. The highest BCUT2D eigenvalue weighted by Gasteiger charge is 2.35. The number of carbonyl (C=O) groups excluding carboxylic acids is 1. The Morgan fingerprint density at radius 3 is 2.21 bits per heavy atom. The lowest BCUT2D eigenvalue weighted by Gasteiger charge is -2.44. The van der Waals surface area contributed by atoms with Gasteiger partial charge in [0.25, 0.3) is 0 Å². The summed E-state index contributed by atoms with van der Waals surface area (Å²) in [5.74, 6) is 2.92. The van der Waals surface area contributed by atoms with Crippen LogP contribution < -0.4 is 0 Å². The predicted octanol–water partition coefficient (Wildman–Crippen LogP) is 2.91. The number of fused-ring (bicyclic) bond motifs is 1. The highest BCUT2D eigenvalue weighted by atomic mass is 32.2. The Morgan fingerprint density at radius 1 is 0.828 bits per heavy atom. The minimum absolute atomic E-state index is 0.245. The van der Waals surface area contributed by atoms with Crippen LogP contribution in [-0.2, 0) is 17.6 Å². The number of hydrogen-bond donors (Lipinski definition) is 0. The number of benzene rings is 1. The van der Waals surface area contributed by atoms with E-state index in [9.17, 15) is 4.79 Å². The maximum atomic E-state index is 13.0. The third kappa shape index (κ3) is 4.38. The molecule has 5 heteroatoms.